The lowest BCUT2D eigenvalue weighted by atomic mass is 10.0. The third-order valence-electron chi connectivity index (χ3n) is 3.64. The Morgan fingerprint density at radius 3 is 2.57 bits per heavy atom. The number of hydrogen-bond acceptors (Lipinski definition) is 7. The molecule has 0 radical (unpaired) electrons. The highest BCUT2D eigenvalue weighted by atomic mass is 16.5. The molecule has 1 atom stereocenters. The highest BCUT2D eigenvalue weighted by Gasteiger charge is 2.19. The van der Waals surface area contributed by atoms with E-state index in [1.807, 2.05) is 13.8 Å². The van der Waals surface area contributed by atoms with Crippen LogP contribution in [0.5, 0.6) is 6.01 Å². The Morgan fingerprint density at radius 2 is 1.90 bits per heavy atom. The Hall–Kier alpha value is -1.63. The largest absolute Gasteiger partial charge is 0.464 e. The van der Waals surface area contributed by atoms with E-state index in [0.29, 0.717) is 30.6 Å². The standard InChI is InChI=1S/C14H26N6O/c1-4-15-12-17-13(19-14(18-12)21-5-2)16-10-11-8-6-7-9-20(11)3/h11H,4-10H2,1-3H3,(H2,15,16,17,18,19). The van der Waals surface area contributed by atoms with E-state index in [1.54, 1.807) is 0 Å². The lowest BCUT2D eigenvalue weighted by molar-refractivity contribution is 0.194. The second-order valence-electron chi connectivity index (χ2n) is 5.24. The molecule has 1 aromatic heterocycles. The third kappa shape index (κ3) is 4.70. The quantitative estimate of drug-likeness (QED) is 0.791. The molecule has 0 amide bonds. The second kappa shape index (κ2) is 7.97. The molecule has 1 fully saturated rings. The number of likely N-dealkylation sites (N-methyl/N-ethyl adjacent to an activating group) is 1. The summed E-state index contributed by atoms with van der Waals surface area (Å²) in [5.74, 6) is 1.12. The molecule has 0 aromatic carbocycles. The van der Waals surface area contributed by atoms with Gasteiger partial charge in [-0.1, -0.05) is 6.42 Å². The summed E-state index contributed by atoms with van der Waals surface area (Å²) in [6.07, 6.45) is 3.80. The van der Waals surface area contributed by atoms with E-state index in [2.05, 4.69) is 37.5 Å². The fraction of sp³-hybridized carbons (Fsp3) is 0.786. The minimum atomic E-state index is 0.364. The molecular weight excluding hydrogens is 268 g/mol. The number of aromatic nitrogens is 3. The van der Waals surface area contributed by atoms with Crippen LogP contribution in [0.2, 0.25) is 0 Å². The van der Waals surface area contributed by atoms with Crippen molar-refractivity contribution in [1.29, 1.82) is 0 Å². The zero-order valence-corrected chi connectivity index (χ0v) is 13.2. The van der Waals surface area contributed by atoms with Crippen molar-refractivity contribution in [2.75, 3.05) is 43.9 Å². The first-order valence-electron chi connectivity index (χ1n) is 7.79. The van der Waals surface area contributed by atoms with Gasteiger partial charge in [0.25, 0.3) is 0 Å². The highest BCUT2D eigenvalue weighted by molar-refractivity contribution is 5.35. The van der Waals surface area contributed by atoms with E-state index in [4.69, 9.17) is 4.74 Å². The number of rotatable bonds is 7. The van der Waals surface area contributed by atoms with Gasteiger partial charge >= 0.3 is 6.01 Å². The normalized spacial score (nSPS) is 19.3. The molecule has 21 heavy (non-hydrogen) atoms. The number of hydrogen-bond donors (Lipinski definition) is 2. The number of piperidine rings is 1. The lowest BCUT2D eigenvalue weighted by Gasteiger charge is -2.32. The smallest absolute Gasteiger partial charge is 0.323 e. The SMILES string of the molecule is CCNc1nc(NCC2CCCCN2C)nc(OCC)n1. The van der Waals surface area contributed by atoms with Gasteiger partial charge in [-0.25, -0.2) is 0 Å². The first-order valence-corrected chi connectivity index (χ1v) is 7.79. The van der Waals surface area contributed by atoms with E-state index < -0.39 is 0 Å². The first-order chi connectivity index (χ1) is 10.2. The van der Waals surface area contributed by atoms with Crippen molar-refractivity contribution in [2.45, 2.75) is 39.2 Å². The maximum atomic E-state index is 5.39. The molecule has 1 saturated heterocycles. The van der Waals surface area contributed by atoms with Gasteiger partial charge in [0.1, 0.15) is 0 Å². The molecule has 1 aliphatic heterocycles. The number of nitrogens with one attached hydrogen (secondary N) is 2. The van der Waals surface area contributed by atoms with Gasteiger partial charge in [0.2, 0.25) is 11.9 Å². The fourth-order valence-corrected chi connectivity index (χ4v) is 2.48. The van der Waals surface area contributed by atoms with Gasteiger partial charge in [0, 0.05) is 19.1 Å². The number of nitrogens with zero attached hydrogens (tertiary/aromatic N) is 4. The second-order valence-corrected chi connectivity index (χ2v) is 5.24. The fourth-order valence-electron chi connectivity index (χ4n) is 2.48. The van der Waals surface area contributed by atoms with Crippen LogP contribution in [0.4, 0.5) is 11.9 Å². The average molecular weight is 294 g/mol. The molecule has 7 heteroatoms. The minimum Gasteiger partial charge on any atom is -0.464 e. The van der Waals surface area contributed by atoms with Gasteiger partial charge in [0.05, 0.1) is 6.61 Å². The molecule has 7 nitrogen and oxygen atoms in total. The molecule has 2 rings (SSSR count). The predicted molar refractivity (Wildman–Crippen MR) is 83.9 cm³/mol. The van der Waals surface area contributed by atoms with Gasteiger partial charge < -0.3 is 20.3 Å². The van der Waals surface area contributed by atoms with E-state index in [9.17, 15) is 0 Å². The maximum Gasteiger partial charge on any atom is 0.323 e. The molecule has 0 aliphatic carbocycles. The molecule has 2 heterocycles. The molecule has 0 saturated carbocycles. The van der Waals surface area contributed by atoms with Crippen molar-refractivity contribution in [3.05, 3.63) is 0 Å². The van der Waals surface area contributed by atoms with E-state index >= 15 is 0 Å². The van der Waals surface area contributed by atoms with Crippen LogP contribution in [-0.4, -0.2) is 59.2 Å². The Labute approximate surface area is 126 Å². The van der Waals surface area contributed by atoms with Crippen molar-refractivity contribution < 1.29 is 4.74 Å². The Bertz CT molecular complexity index is 417. The summed E-state index contributed by atoms with van der Waals surface area (Å²) in [5, 5.41) is 6.42. The Morgan fingerprint density at radius 1 is 1.14 bits per heavy atom. The van der Waals surface area contributed by atoms with Crippen molar-refractivity contribution in [3.63, 3.8) is 0 Å². The van der Waals surface area contributed by atoms with Crippen LogP contribution in [0, 0.1) is 0 Å². The van der Waals surface area contributed by atoms with Gasteiger partial charge in [-0.3, -0.25) is 0 Å². The summed E-state index contributed by atoms with van der Waals surface area (Å²) in [4.78, 5) is 15.3. The van der Waals surface area contributed by atoms with E-state index in [0.717, 1.165) is 19.6 Å². The summed E-state index contributed by atoms with van der Waals surface area (Å²) in [6.45, 7) is 7.24. The number of ether oxygens (including phenoxy) is 1. The average Bonchev–Trinajstić information content (AvgIpc) is 2.47. The molecule has 2 N–H and O–H groups in total. The topological polar surface area (TPSA) is 75.2 Å². The molecule has 118 valence electrons. The van der Waals surface area contributed by atoms with E-state index in [-0.39, 0.29) is 0 Å². The van der Waals surface area contributed by atoms with E-state index in [1.165, 1.54) is 19.3 Å². The monoisotopic (exact) mass is 294 g/mol. The zero-order chi connectivity index (χ0) is 15.1. The van der Waals surface area contributed by atoms with Gasteiger partial charge in [-0.2, -0.15) is 15.0 Å². The first kappa shape index (κ1) is 15.8. The summed E-state index contributed by atoms with van der Waals surface area (Å²) >= 11 is 0. The molecule has 0 spiro atoms. The molecular formula is C14H26N6O. The van der Waals surface area contributed by atoms with Gasteiger partial charge in [-0.15, -0.1) is 0 Å². The molecule has 1 aromatic rings. The summed E-state index contributed by atoms with van der Waals surface area (Å²) in [6, 6.07) is 0.900. The van der Waals surface area contributed by atoms with Crippen molar-refractivity contribution in [3.8, 4) is 6.01 Å². The third-order valence-corrected chi connectivity index (χ3v) is 3.64. The van der Waals surface area contributed by atoms with Crippen molar-refractivity contribution in [2.24, 2.45) is 0 Å². The Balaban J connectivity index is 2.00. The van der Waals surface area contributed by atoms with Crippen LogP contribution in [0.3, 0.4) is 0 Å². The lowest BCUT2D eigenvalue weighted by Crippen LogP contribution is -2.41. The van der Waals surface area contributed by atoms with Crippen molar-refractivity contribution >= 4 is 11.9 Å². The summed E-state index contributed by atoms with van der Waals surface area (Å²) in [5.41, 5.74) is 0. The van der Waals surface area contributed by atoms with Crippen LogP contribution in [-0.2, 0) is 0 Å². The van der Waals surface area contributed by atoms with Gasteiger partial charge in [0.15, 0.2) is 0 Å². The van der Waals surface area contributed by atoms with Crippen LogP contribution in [0.15, 0.2) is 0 Å². The summed E-state index contributed by atoms with van der Waals surface area (Å²) in [7, 11) is 2.18. The molecule has 1 aliphatic rings. The molecule has 1 unspecified atom stereocenters. The van der Waals surface area contributed by atoms with Crippen LogP contribution < -0.4 is 15.4 Å². The van der Waals surface area contributed by atoms with Crippen LogP contribution in [0.25, 0.3) is 0 Å². The zero-order valence-electron chi connectivity index (χ0n) is 13.2. The van der Waals surface area contributed by atoms with Gasteiger partial charge in [-0.05, 0) is 40.3 Å². The number of anilines is 2. The predicted octanol–water partition coefficient (Wildman–Crippen LogP) is 1.60. The summed E-state index contributed by atoms with van der Waals surface area (Å²) < 4.78 is 5.39. The maximum absolute atomic E-state index is 5.39. The Kier molecular flexibility index (Phi) is 5.98. The minimum absolute atomic E-state index is 0.364. The van der Waals surface area contributed by atoms with Crippen LogP contribution in [0.1, 0.15) is 33.1 Å². The highest BCUT2D eigenvalue weighted by Crippen LogP contribution is 2.16. The van der Waals surface area contributed by atoms with Crippen LogP contribution >= 0.6 is 0 Å². The number of likely N-dealkylation sites (tertiary alicyclic amines) is 1. The van der Waals surface area contributed by atoms with Crippen molar-refractivity contribution in [1.82, 2.24) is 19.9 Å². The molecule has 0 bridgehead atoms.